The highest BCUT2D eigenvalue weighted by molar-refractivity contribution is 7.80. The summed E-state index contributed by atoms with van der Waals surface area (Å²) in [5.41, 5.74) is 7.46. The maximum Gasteiger partial charge on any atom is 0.225 e. The molecule has 1 aromatic heterocycles. The molecule has 0 aliphatic heterocycles. The van der Waals surface area contributed by atoms with Crippen molar-refractivity contribution in [3.63, 3.8) is 0 Å². The predicted octanol–water partition coefficient (Wildman–Crippen LogP) is 1.50. The summed E-state index contributed by atoms with van der Waals surface area (Å²) in [5, 5.41) is 3.83. The van der Waals surface area contributed by atoms with Gasteiger partial charge in [-0.25, -0.2) is 0 Å². The number of H-pyrrole nitrogens is 1. The molecular formula is C13H15N3OS. The van der Waals surface area contributed by atoms with Crippen LogP contribution in [0.1, 0.15) is 12.5 Å². The summed E-state index contributed by atoms with van der Waals surface area (Å²) in [6.07, 6.45) is 2.17. The zero-order valence-electron chi connectivity index (χ0n) is 10.1. The van der Waals surface area contributed by atoms with E-state index in [-0.39, 0.29) is 11.9 Å². The summed E-state index contributed by atoms with van der Waals surface area (Å²) in [6, 6.07) is 7.60. The number of nitrogens with one attached hydrogen (secondary N) is 2. The molecule has 0 bridgehead atoms. The first-order chi connectivity index (χ1) is 8.58. The van der Waals surface area contributed by atoms with Crippen LogP contribution in [0.15, 0.2) is 30.5 Å². The Hall–Kier alpha value is -1.88. The first-order valence-corrected chi connectivity index (χ1v) is 6.12. The van der Waals surface area contributed by atoms with Crippen molar-refractivity contribution >= 4 is 34.0 Å². The molecule has 4 nitrogen and oxygen atoms in total. The van der Waals surface area contributed by atoms with Crippen LogP contribution in [0.3, 0.4) is 0 Å². The van der Waals surface area contributed by atoms with Crippen molar-refractivity contribution in [1.29, 1.82) is 0 Å². The number of hydrogen-bond donors (Lipinski definition) is 3. The summed E-state index contributed by atoms with van der Waals surface area (Å²) in [6.45, 7) is 1.77. The maximum atomic E-state index is 11.8. The standard InChI is InChI=1S/C13H15N3OS/c1-8(13(14)18)16-12(17)6-9-7-15-11-5-3-2-4-10(9)11/h2-5,7-8,15H,6H2,1H3,(H2,14,18)(H,16,17). The largest absolute Gasteiger partial charge is 0.392 e. The Morgan fingerprint density at radius 1 is 1.50 bits per heavy atom. The molecule has 0 aliphatic carbocycles. The third kappa shape index (κ3) is 2.68. The monoisotopic (exact) mass is 261 g/mol. The van der Waals surface area contributed by atoms with Crippen molar-refractivity contribution in [2.45, 2.75) is 19.4 Å². The average Bonchev–Trinajstić information content (AvgIpc) is 2.72. The average molecular weight is 261 g/mol. The fraction of sp³-hybridized carbons (Fsp3) is 0.231. The summed E-state index contributed by atoms with van der Waals surface area (Å²) in [4.78, 5) is 15.3. The number of carbonyl (C=O) groups is 1. The van der Waals surface area contributed by atoms with Gasteiger partial charge < -0.3 is 16.0 Å². The van der Waals surface area contributed by atoms with E-state index in [0.29, 0.717) is 11.4 Å². The summed E-state index contributed by atoms with van der Waals surface area (Å²) < 4.78 is 0. The van der Waals surface area contributed by atoms with Crippen LogP contribution in [0.5, 0.6) is 0 Å². The topological polar surface area (TPSA) is 70.9 Å². The van der Waals surface area contributed by atoms with Crippen LogP contribution in [-0.4, -0.2) is 21.9 Å². The van der Waals surface area contributed by atoms with Gasteiger partial charge in [0.25, 0.3) is 0 Å². The van der Waals surface area contributed by atoms with Gasteiger partial charge in [-0.2, -0.15) is 0 Å². The third-order valence-electron chi connectivity index (χ3n) is 2.83. The lowest BCUT2D eigenvalue weighted by atomic mass is 10.1. The lowest BCUT2D eigenvalue weighted by molar-refractivity contribution is -0.120. The number of hydrogen-bond acceptors (Lipinski definition) is 2. The molecule has 0 spiro atoms. The van der Waals surface area contributed by atoms with Gasteiger partial charge in [-0.1, -0.05) is 30.4 Å². The van der Waals surface area contributed by atoms with Gasteiger partial charge in [0.1, 0.15) is 0 Å². The number of thiocarbonyl (C=S) groups is 1. The van der Waals surface area contributed by atoms with Crippen molar-refractivity contribution in [2.24, 2.45) is 5.73 Å². The van der Waals surface area contributed by atoms with Crippen molar-refractivity contribution in [1.82, 2.24) is 10.3 Å². The quantitative estimate of drug-likeness (QED) is 0.730. The summed E-state index contributed by atoms with van der Waals surface area (Å²) in [5.74, 6) is -0.0833. The second kappa shape index (κ2) is 5.18. The van der Waals surface area contributed by atoms with Gasteiger partial charge in [0.15, 0.2) is 0 Å². The van der Waals surface area contributed by atoms with Crippen LogP contribution in [0.2, 0.25) is 0 Å². The molecule has 1 aromatic carbocycles. The number of aromatic amines is 1. The second-order valence-electron chi connectivity index (χ2n) is 4.23. The van der Waals surface area contributed by atoms with Crippen LogP contribution in [-0.2, 0) is 11.2 Å². The lowest BCUT2D eigenvalue weighted by Crippen LogP contribution is -2.41. The zero-order valence-corrected chi connectivity index (χ0v) is 10.9. The number of nitrogens with two attached hydrogens (primary N) is 1. The molecule has 1 heterocycles. The number of para-hydroxylation sites is 1. The fourth-order valence-corrected chi connectivity index (χ4v) is 1.87. The minimum absolute atomic E-state index is 0.0833. The molecule has 1 atom stereocenters. The van der Waals surface area contributed by atoms with Crippen LogP contribution < -0.4 is 11.1 Å². The van der Waals surface area contributed by atoms with E-state index < -0.39 is 0 Å². The van der Waals surface area contributed by atoms with Crippen LogP contribution in [0, 0.1) is 0 Å². The lowest BCUT2D eigenvalue weighted by Gasteiger charge is -2.11. The SMILES string of the molecule is CC(NC(=O)Cc1c[nH]c2ccccc12)C(N)=S. The van der Waals surface area contributed by atoms with Crippen LogP contribution in [0.25, 0.3) is 10.9 Å². The smallest absolute Gasteiger partial charge is 0.225 e. The van der Waals surface area contributed by atoms with Gasteiger partial charge in [0.2, 0.25) is 5.91 Å². The molecule has 0 radical (unpaired) electrons. The fourth-order valence-electron chi connectivity index (χ4n) is 1.81. The second-order valence-corrected chi connectivity index (χ2v) is 4.70. The number of aromatic nitrogens is 1. The molecule has 2 rings (SSSR count). The maximum absolute atomic E-state index is 11.8. The zero-order chi connectivity index (χ0) is 13.1. The molecule has 0 aliphatic rings. The van der Waals surface area contributed by atoms with Crippen LogP contribution in [0.4, 0.5) is 0 Å². The van der Waals surface area contributed by atoms with Crippen molar-refractivity contribution in [3.05, 3.63) is 36.0 Å². The van der Waals surface area contributed by atoms with Gasteiger partial charge in [-0.15, -0.1) is 0 Å². The Balaban J connectivity index is 2.10. The van der Waals surface area contributed by atoms with Crippen molar-refractivity contribution in [2.75, 3.05) is 0 Å². The van der Waals surface area contributed by atoms with Crippen molar-refractivity contribution < 1.29 is 4.79 Å². The van der Waals surface area contributed by atoms with E-state index in [4.69, 9.17) is 18.0 Å². The minimum Gasteiger partial charge on any atom is -0.392 e. The molecule has 2 aromatic rings. The summed E-state index contributed by atoms with van der Waals surface area (Å²) in [7, 11) is 0. The van der Waals surface area contributed by atoms with E-state index in [1.807, 2.05) is 30.5 Å². The molecule has 94 valence electrons. The highest BCUT2D eigenvalue weighted by Gasteiger charge is 2.12. The van der Waals surface area contributed by atoms with E-state index in [0.717, 1.165) is 16.5 Å². The molecule has 1 amide bonds. The van der Waals surface area contributed by atoms with Crippen molar-refractivity contribution in [3.8, 4) is 0 Å². The molecule has 5 heteroatoms. The van der Waals surface area contributed by atoms with E-state index in [9.17, 15) is 4.79 Å². The number of benzene rings is 1. The first-order valence-electron chi connectivity index (χ1n) is 5.71. The molecular weight excluding hydrogens is 246 g/mol. The number of amides is 1. The van der Waals surface area contributed by atoms with E-state index >= 15 is 0 Å². The Morgan fingerprint density at radius 3 is 2.94 bits per heavy atom. The van der Waals surface area contributed by atoms with Gasteiger partial charge >= 0.3 is 0 Å². The van der Waals surface area contributed by atoms with E-state index in [1.165, 1.54) is 0 Å². The molecule has 0 saturated heterocycles. The van der Waals surface area contributed by atoms with Gasteiger partial charge in [0, 0.05) is 17.1 Å². The van der Waals surface area contributed by atoms with E-state index in [1.54, 1.807) is 6.92 Å². The highest BCUT2D eigenvalue weighted by atomic mass is 32.1. The molecule has 0 saturated carbocycles. The minimum atomic E-state index is -0.280. The van der Waals surface area contributed by atoms with Gasteiger partial charge in [0.05, 0.1) is 17.5 Å². The number of fused-ring (bicyclic) bond motifs is 1. The van der Waals surface area contributed by atoms with Crippen LogP contribution >= 0.6 is 12.2 Å². The normalized spacial score (nSPS) is 12.3. The molecule has 4 N–H and O–H groups in total. The molecule has 18 heavy (non-hydrogen) atoms. The van der Waals surface area contributed by atoms with Gasteiger partial charge in [-0.05, 0) is 18.6 Å². The Bertz CT molecular complexity index is 591. The van der Waals surface area contributed by atoms with E-state index in [2.05, 4.69) is 10.3 Å². The Kier molecular flexibility index (Phi) is 3.62. The molecule has 0 fully saturated rings. The molecule has 1 unspecified atom stereocenters. The van der Waals surface area contributed by atoms with Gasteiger partial charge in [-0.3, -0.25) is 4.79 Å². The third-order valence-corrected chi connectivity index (χ3v) is 3.18. The number of carbonyl (C=O) groups excluding carboxylic acids is 1. The highest BCUT2D eigenvalue weighted by Crippen LogP contribution is 2.17. The Labute approximate surface area is 111 Å². The first kappa shape index (κ1) is 12.6. The number of rotatable bonds is 4. The summed E-state index contributed by atoms with van der Waals surface area (Å²) >= 11 is 4.82. The predicted molar refractivity (Wildman–Crippen MR) is 76.4 cm³/mol. The Morgan fingerprint density at radius 2 is 2.22 bits per heavy atom.